The average Bonchev–Trinajstić information content (AvgIpc) is 2.38. The van der Waals surface area contributed by atoms with Crippen LogP contribution in [0.2, 0.25) is 0 Å². The van der Waals surface area contributed by atoms with Crippen molar-refractivity contribution in [3.05, 3.63) is 58.7 Å². The molecule has 2 rings (SSSR count). The number of hydrogen-bond donors (Lipinski definition) is 1. The van der Waals surface area contributed by atoms with E-state index in [0.717, 1.165) is 23.5 Å². The Morgan fingerprint density at radius 3 is 2.21 bits per heavy atom. The van der Waals surface area contributed by atoms with Gasteiger partial charge in [0.15, 0.2) is 0 Å². The molecule has 0 heterocycles. The first-order valence-electron chi connectivity index (χ1n) is 6.55. The Bertz CT molecular complexity index is 555. The van der Waals surface area contributed by atoms with Gasteiger partial charge in [-0.05, 0) is 61.2 Å². The molecule has 0 amide bonds. The number of nitrogens with one attached hydrogen (secondary N) is 1. The maximum absolute atomic E-state index is 5.27. The molecule has 2 aromatic rings. The normalized spacial score (nSPS) is 10.3. The van der Waals surface area contributed by atoms with E-state index >= 15 is 0 Å². The van der Waals surface area contributed by atoms with Crippen molar-refractivity contribution in [2.45, 2.75) is 27.3 Å². The molecule has 0 aromatic heterocycles. The van der Waals surface area contributed by atoms with E-state index in [9.17, 15) is 0 Å². The fourth-order valence-corrected chi connectivity index (χ4v) is 2.31. The van der Waals surface area contributed by atoms with Crippen molar-refractivity contribution in [2.75, 3.05) is 12.4 Å². The summed E-state index contributed by atoms with van der Waals surface area (Å²) in [5.41, 5.74) is 6.31. The number of benzene rings is 2. The van der Waals surface area contributed by atoms with E-state index in [1.165, 1.54) is 16.7 Å². The van der Waals surface area contributed by atoms with Crippen molar-refractivity contribution < 1.29 is 4.74 Å². The molecule has 0 saturated carbocycles. The van der Waals surface area contributed by atoms with Crippen molar-refractivity contribution in [1.29, 1.82) is 0 Å². The number of hydrogen-bond acceptors (Lipinski definition) is 2. The summed E-state index contributed by atoms with van der Waals surface area (Å²) in [5.74, 6) is 0.928. The molecule has 2 heteroatoms. The third-order valence-electron chi connectivity index (χ3n) is 3.51. The van der Waals surface area contributed by atoms with Crippen LogP contribution in [-0.2, 0) is 6.54 Å². The second kappa shape index (κ2) is 5.79. The van der Waals surface area contributed by atoms with Crippen LogP contribution in [0.25, 0.3) is 0 Å². The molecule has 100 valence electrons. The molecule has 0 unspecified atom stereocenters. The maximum Gasteiger partial charge on any atom is 0.121 e. The quantitative estimate of drug-likeness (QED) is 0.882. The van der Waals surface area contributed by atoms with Crippen molar-refractivity contribution in [2.24, 2.45) is 0 Å². The first kappa shape index (κ1) is 13.5. The SMILES string of the molecule is COc1ccc(NCc2c(C)cccc2C)cc1C. The molecule has 19 heavy (non-hydrogen) atoms. The molecule has 0 fully saturated rings. The Labute approximate surface area is 115 Å². The van der Waals surface area contributed by atoms with Crippen LogP contribution in [0.3, 0.4) is 0 Å². The zero-order valence-corrected chi connectivity index (χ0v) is 12.1. The maximum atomic E-state index is 5.27. The zero-order chi connectivity index (χ0) is 13.8. The fraction of sp³-hybridized carbons (Fsp3) is 0.294. The number of ether oxygens (including phenoxy) is 1. The smallest absolute Gasteiger partial charge is 0.121 e. The van der Waals surface area contributed by atoms with Crippen molar-refractivity contribution >= 4 is 5.69 Å². The van der Waals surface area contributed by atoms with E-state index in [1.807, 2.05) is 6.07 Å². The van der Waals surface area contributed by atoms with E-state index in [1.54, 1.807) is 7.11 Å². The minimum atomic E-state index is 0.851. The van der Waals surface area contributed by atoms with Gasteiger partial charge in [0, 0.05) is 12.2 Å². The molecule has 0 spiro atoms. The molecule has 0 aliphatic rings. The Hall–Kier alpha value is -1.96. The Balaban J connectivity index is 2.13. The molecule has 0 aliphatic carbocycles. The van der Waals surface area contributed by atoms with Gasteiger partial charge in [-0.3, -0.25) is 0 Å². The van der Waals surface area contributed by atoms with Gasteiger partial charge >= 0.3 is 0 Å². The fourth-order valence-electron chi connectivity index (χ4n) is 2.31. The van der Waals surface area contributed by atoms with Crippen LogP contribution < -0.4 is 10.1 Å². The highest BCUT2D eigenvalue weighted by Crippen LogP contribution is 2.22. The summed E-state index contributed by atoms with van der Waals surface area (Å²) in [6.45, 7) is 7.22. The zero-order valence-electron chi connectivity index (χ0n) is 12.1. The molecular weight excluding hydrogens is 234 g/mol. The lowest BCUT2D eigenvalue weighted by Crippen LogP contribution is -2.03. The number of rotatable bonds is 4. The first-order chi connectivity index (χ1) is 9.11. The van der Waals surface area contributed by atoms with Crippen molar-refractivity contribution in [3.63, 3.8) is 0 Å². The van der Waals surface area contributed by atoms with Crippen LogP contribution in [0.5, 0.6) is 5.75 Å². The van der Waals surface area contributed by atoms with Gasteiger partial charge < -0.3 is 10.1 Å². The Morgan fingerprint density at radius 2 is 1.63 bits per heavy atom. The highest BCUT2D eigenvalue weighted by molar-refractivity contribution is 5.51. The van der Waals surface area contributed by atoms with Crippen LogP contribution in [0.4, 0.5) is 5.69 Å². The van der Waals surface area contributed by atoms with Gasteiger partial charge in [0.2, 0.25) is 0 Å². The molecule has 0 aliphatic heterocycles. The summed E-state index contributed by atoms with van der Waals surface area (Å²) in [6.07, 6.45) is 0. The summed E-state index contributed by atoms with van der Waals surface area (Å²) in [5, 5.41) is 3.48. The molecular formula is C17H21NO. The lowest BCUT2D eigenvalue weighted by Gasteiger charge is -2.13. The molecule has 1 N–H and O–H groups in total. The van der Waals surface area contributed by atoms with Gasteiger partial charge in [-0.2, -0.15) is 0 Å². The highest BCUT2D eigenvalue weighted by Gasteiger charge is 2.03. The molecule has 2 aromatic carbocycles. The van der Waals surface area contributed by atoms with E-state index < -0.39 is 0 Å². The van der Waals surface area contributed by atoms with Crippen LogP contribution in [0.1, 0.15) is 22.3 Å². The molecule has 2 nitrogen and oxygen atoms in total. The summed E-state index contributed by atoms with van der Waals surface area (Å²) in [4.78, 5) is 0. The largest absolute Gasteiger partial charge is 0.496 e. The summed E-state index contributed by atoms with van der Waals surface area (Å²) < 4.78 is 5.27. The van der Waals surface area contributed by atoms with Crippen LogP contribution >= 0.6 is 0 Å². The Kier molecular flexibility index (Phi) is 4.10. The van der Waals surface area contributed by atoms with Gasteiger partial charge in [0.05, 0.1) is 7.11 Å². The lowest BCUT2D eigenvalue weighted by molar-refractivity contribution is 0.412. The second-order valence-corrected chi connectivity index (χ2v) is 4.91. The lowest BCUT2D eigenvalue weighted by atomic mass is 10.0. The number of anilines is 1. The van der Waals surface area contributed by atoms with Gasteiger partial charge in [0.25, 0.3) is 0 Å². The van der Waals surface area contributed by atoms with E-state index in [-0.39, 0.29) is 0 Å². The third kappa shape index (κ3) is 3.08. The number of methoxy groups -OCH3 is 1. The third-order valence-corrected chi connectivity index (χ3v) is 3.51. The minimum Gasteiger partial charge on any atom is -0.496 e. The van der Waals surface area contributed by atoms with E-state index in [4.69, 9.17) is 4.74 Å². The van der Waals surface area contributed by atoms with Gasteiger partial charge in [-0.1, -0.05) is 18.2 Å². The number of aryl methyl sites for hydroxylation is 3. The van der Waals surface area contributed by atoms with E-state index in [0.29, 0.717) is 0 Å². The predicted octanol–water partition coefficient (Wildman–Crippen LogP) is 4.23. The average molecular weight is 255 g/mol. The molecule has 0 radical (unpaired) electrons. The topological polar surface area (TPSA) is 21.3 Å². The second-order valence-electron chi connectivity index (χ2n) is 4.91. The Morgan fingerprint density at radius 1 is 0.947 bits per heavy atom. The molecule has 0 saturated heterocycles. The van der Waals surface area contributed by atoms with Crippen LogP contribution in [0.15, 0.2) is 36.4 Å². The summed E-state index contributed by atoms with van der Waals surface area (Å²) in [6, 6.07) is 12.6. The summed E-state index contributed by atoms with van der Waals surface area (Å²) >= 11 is 0. The van der Waals surface area contributed by atoms with Crippen LogP contribution in [-0.4, -0.2) is 7.11 Å². The van der Waals surface area contributed by atoms with Crippen molar-refractivity contribution in [1.82, 2.24) is 0 Å². The highest BCUT2D eigenvalue weighted by atomic mass is 16.5. The van der Waals surface area contributed by atoms with Gasteiger partial charge in [-0.25, -0.2) is 0 Å². The predicted molar refractivity (Wildman–Crippen MR) is 81.0 cm³/mol. The first-order valence-corrected chi connectivity index (χ1v) is 6.55. The van der Waals surface area contributed by atoms with Gasteiger partial charge in [-0.15, -0.1) is 0 Å². The van der Waals surface area contributed by atoms with E-state index in [2.05, 4.69) is 56.4 Å². The van der Waals surface area contributed by atoms with Gasteiger partial charge in [0.1, 0.15) is 5.75 Å². The van der Waals surface area contributed by atoms with Crippen LogP contribution in [0, 0.1) is 20.8 Å². The molecule has 0 bridgehead atoms. The summed E-state index contributed by atoms with van der Waals surface area (Å²) in [7, 11) is 1.70. The minimum absolute atomic E-state index is 0.851. The van der Waals surface area contributed by atoms with Crippen molar-refractivity contribution in [3.8, 4) is 5.75 Å². The monoisotopic (exact) mass is 255 g/mol. The molecule has 0 atom stereocenters. The standard InChI is InChI=1S/C17H21NO/c1-12-6-5-7-13(2)16(12)11-18-15-8-9-17(19-4)14(3)10-15/h5-10,18H,11H2,1-4H3.